The lowest BCUT2D eigenvalue weighted by molar-refractivity contribution is 0.102. The first-order valence-corrected chi connectivity index (χ1v) is 7.08. The van der Waals surface area contributed by atoms with Gasteiger partial charge in [0.1, 0.15) is 0 Å². The Bertz CT molecular complexity index is 563. The van der Waals surface area contributed by atoms with Crippen LogP contribution in [0.4, 0.5) is 0 Å². The van der Waals surface area contributed by atoms with E-state index in [1.807, 2.05) is 0 Å². The maximum Gasteiger partial charge on any atom is 0.169 e. The lowest BCUT2D eigenvalue weighted by Crippen LogP contribution is -2.14. The highest BCUT2D eigenvalue weighted by Gasteiger charge is 2.25. The van der Waals surface area contributed by atoms with Crippen molar-refractivity contribution in [3.05, 3.63) is 39.1 Å². The van der Waals surface area contributed by atoms with Crippen LogP contribution in [0.2, 0.25) is 0 Å². The Morgan fingerprint density at radius 3 is 3.00 bits per heavy atom. The summed E-state index contributed by atoms with van der Waals surface area (Å²) in [5, 5.41) is 0. The lowest BCUT2D eigenvalue weighted by atomic mass is 9.84. The number of fused-ring (bicyclic) bond motifs is 3. The van der Waals surface area contributed by atoms with Crippen molar-refractivity contribution in [2.45, 2.75) is 32.3 Å². The van der Waals surface area contributed by atoms with Gasteiger partial charge in [-0.05, 0) is 49.0 Å². The Labute approximate surface area is 111 Å². The van der Waals surface area contributed by atoms with E-state index in [-0.39, 0.29) is 11.9 Å². The van der Waals surface area contributed by atoms with Gasteiger partial charge in [0.25, 0.3) is 0 Å². The number of methoxy groups -OCH3 is 1. The standard InChI is InChI=1S/C15H16O2S/c1-9(16)14-8-11-4-3-10-7-12(17-2)5-6-13(10)15(11)18-14/h6-8,12H,3-5H2,1-2H3. The first kappa shape index (κ1) is 11.9. The molecule has 1 aromatic heterocycles. The maximum absolute atomic E-state index is 11.5. The largest absolute Gasteiger partial charge is 0.377 e. The minimum absolute atomic E-state index is 0.172. The molecule has 3 heteroatoms. The number of carbonyl (C=O) groups excluding carboxylic acids is 1. The van der Waals surface area contributed by atoms with Crippen molar-refractivity contribution >= 4 is 22.7 Å². The summed E-state index contributed by atoms with van der Waals surface area (Å²) in [5.74, 6) is 0.172. The zero-order valence-corrected chi connectivity index (χ0v) is 11.5. The summed E-state index contributed by atoms with van der Waals surface area (Å²) in [4.78, 5) is 13.7. The monoisotopic (exact) mass is 260 g/mol. The predicted molar refractivity (Wildman–Crippen MR) is 74.1 cm³/mol. The van der Waals surface area contributed by atoms with Crippen LogP contribution in [0.15, 0.2) is 23.8 Å². The highest BCUT2D eigenvalue weighted by molar-refractivity contribution is 7.15. The molecule has 0 amide bonds. The summed E-state index contributed by atoms with van der Waals surface area (Å²) in [6.45, 7) is 1.64. The van der Waals surface area contributed by atoms with E-state index in [4.69, 9.17) is 4.74 Å². The molecule has 0 spiro atoms. The first-order valence-electron chi connectivity index (χ1n) is 6.27. The Hall–Kier alpha value is -1.19. The number of ketones is 1. The normalized spacial score (nSPS) is 21.8. The number of rotatable bonds is 2. The molecule has 2 aliphatic carbocycles. The van der Waals surface area contributed by atoms with Gasteiger partial charge >= 0.3 is 0 Å². The average molecular weight is 260 g/mol. The van der Waals surface area contributed by atoms with Crippen molar-refractivity contribution in [1.29, 1.82) is 0 Å². The van der Waals surface area contributed by atoms with Crippen LogP contribution in [-0.2, 0) is 11.2 Å². The lowest BCUT2D eigenvalue weighted by Gasteiger charge is -2.25. The molecule has 0 radical (unpaired) electrons. The van der Waals surface area contributed by atoms with Gasteiger partial charge in [0.2, 0.25) is 0 Å². The van der Waals surface area contributed by atoms with E-state index >= 15 is 0 Å². The second-order valence-corrected chi connectivity index (χ2v) is 5.89. The van der Waals surface area contributed by atoms with Crippen LogP contribution in [-0.4, -0.2) is 19.0 Å². The molecule has 1 atom stereocenters. The molecule has 2 aliphatic rings. The molecule has 0 saturated carbocycles. The van der Waals surface area contributed by atoms with Crippen molar-refractivity contribution in [2.24, 2.45) is 0 Å². The quantitative estimate of drug-likeness (QED) is 0.759. The number of ether oxygens (including phenoxy) is 1. The van der Waals surface area contributed by atoms with Crippen LogP contribution < -0.4 is 0 Å². The first-order chi connectivity index (χ1) is 8.69. The van der Waals surface area contributed by atoms with Crippen molar-refractivity contribution in [3.63, 3.8) is 0 Å². The molecule has 0 aromatic carbocycles. The molecule has 18 heavy (non-hydrogen) atoms. The number of hydrogen-bond acceptors (Lipinski definition) is 3. The van der Waals surface area contributed by atoms with E-state index in [9.17, 15) is 4.79 Å². The van der Waals surface area contributed by atoms with E-state index in [0.717, 1.165) is 24.1 Å². The third kappa shape index (κ3) is 1.88. The highest BCUT2D eigenvalue weighted by Crippen LogP contribution is 2.42. The van der Waals surface area contributed by atoms with Crippen molar-refractivity contribution in [1.82, 2.24) is 0 Å². The van der Waals surface area contributed by atoms with E-state index in [0.29, 0.717) is 0 Å². The van der Waals surface area contributed by atoms with Crippen molar-refractivity contribution in [3.8, 4) is 0 Å². The van der Waals surface area contributed by atoms with Crippen molar-refractivity contribution < 1.29 is 9.53 Å². The van der Waals surface area contributed by atoms with E-state index in [2.05, 4.69) is 18.2 Å². The molecule has 1 unspecified atom stereocenters. The fourth-order valence-corrected chi connectivity index (χ4v) is 3.83. The number of hydrogen-bond donors (Lipinski definition) is 0. The average Bonchev–Trinajstić information content (AvgIpc) is 2.82. The summed E-state index contributed by atoms with van der Waals surface area (Å²) in [5.41, 5.74) is 4.06. The molecule has 94 valence electrons. The summed E-state index contributed by atoms with van der Waals surface area (Å²) < 4.78 is 5.40. The van der Waals surface area contributed by atoms with Crippen LogP contribution in [0.5, 0.6) is 0 Å². The van der Waals surface area contributed by atoms with Gasteiger partial charge in [-0.25, -0.2) is 0 Å². The van der Waals surface area contributed by atoms with E-state index in [1.54, 1.807) is 25.4 Å². The number of Topliss-reactive ketones (excluding diaryl/α,β-unsaturated/α-hetero) is 1. The van der Waals surface area contributed by atoms with Gasteiger partial charge in [-0.2, -0.15) is 0 Å². The summed E-state index contributed by atoms with van der Waals surface area (Å²) in [6.07, 6.45) is 7.76. The molecule has 0 aliphatic heterocycles. The fourth-order valence-electron chi connectivity index (χ4n) is 2.65. The number of carbonyl (C=O) groups is 1. The second-order valence-electron chi connectivity index (χ2n) is 4.84. The molecule has 0 saturated heterocycles. The molecule has 3 rings (SSSR count). The molecule has 2 nitrogen and oxygen atoms in total. The molecule has 0 fully saturated rings. The molecule has 1 heterocycles. The van der Waals surface area contributed by atoms with Crippen LogP contribution >= 0.6 is 11.3 Å². The zero-order valence-electron chi connectivity index (χ0n) is 10.7. The van der Waals surface area contributed by atoms with Crippen LogP contribution in [0.3, 0.4) is 0 Å². The Balaban J connectivity index is 2.02. The molecule has 1 aromatic rings. The molecular formula is C15H16O2S. The zero-order chi connectivity index (χ0) is 12.7. The topological polar surface area (TPSA) is 26.3 Å². The molecule has 0 bridgehead atoms. The summed E-state index contributed by atoms with van der Waals surface area (Å²) in [6, 6.07) is 2.07. The van der Waals surface area contributed by atoms with E-state index in [1.165, 1.54) is 21.6 Å². The Kier molecular flexibility index (Phi) is 2.96. The van der Waals surface area contributed by atoms with Crippen LogP contribution in [0.1, 0.15) is 39.9 Å². The van der Waals surface area contributed by atoms with Crippen LogP contribution in [0, 0.1) is 0 Å². The second kappa shape index (κ2) is 4.48. The number of aryl methyl sites for hydroxylation is 1. The molecular weight excluding hydrogens is 244 g/mol. The predicted octanol–water partition coefficient (Wildman–Crippen LogP) is 3.63. The van der Waals surface area contributed by atoms with Gasteiger partial charge in [0, 0.05) is 12.0 Å². The number of allylic oxidation sites excluding steroid dienone is 2. The van der Waals surface area contributed by atoms with Gasteiger partial charge in [-0.15, -0.1) is 11.3 Å². The van der Waals surface area contributed by atoms with Crippen LogP contribution in [0.25, 0.3) is 5.57 Å². The highest BCUT2D eigenvalue weighted by atomic mass is 32.1. The smallest absolute Gasteiger partial charge is 0.169 e. The Morgan fingerprint density at radius 2 is 2.28 bits per heavy atom. The van der Waals surface area contributed by atoms with Gasteiger partial charge in [0.05, 0.1) is 11.0 Å². The summed E-state index contributed by atoms with van der Waals surface area (Å²) in [7, 11) is 1.76. The fraction of sp³-hybridized carbons (Fsp3) is 0.400. The Morgan fingerprint density at radius 1 is 1.44 bits per heavy atom. The minimum Gasteiger partial charge on any atom is -0.377 e. The van der Waals surface area contributed by atoms with Crippen molar-refractivity contribution in [2.75, 3.05) is 7.11 Å². The van der Waals surface area contributed by atoms with Gasteiger partial charge < -0.3 is 4.74 Å². The van der Waals surface area contributed by atoms with E-state index < -0.39 is 0 Å². The summed E-state index contributed by atoms with van der Waals surface area (Å²) >= 11 is 1.64. The maximum atomic E-state index is 11.5. The minimum atomic E-state index is 0.172. The SMILES string of the molecule is COC1C=C2CCc3cc(C(C)=O)sc3C2=CC1. The van der Waals surface area contributed by atoms with Gasteiger partial charge in [0.15, 0.2) is 5.78 Å². The van der Waals surface area contributed by atoms with Gasteiger partial charge in [-0.3, -0.25) is 4.79 Å². The van der Waals surface area contributed by atoms with Gasteiger partial charge in [-0.1, -0.05) is 12.2 Å². The number of thiophene rings is 1. The third-order valence-electron chi connectivity index (χ3n) is 3.65. The third-order valence-corrected chi connectivity index (χ3v) is 4.97. The molecule has 0 N–H and O–H groups in total.